The zero-order valence-electron chi connectivity index (χ0n) is 15.8. The highest BCUT2D eigenvalue weighted by molar-refractivity contribution is 5.79. The summed E-state index contributed by atoms with van der Waals surface area (Å²) in [6.07, 6.45) is 5.65. The highest BCUT2D eigenvalue weighted by atomic mass is 16.1. The van der Waals surface area contributed by atoms with Gasteiger partial charge in [0.15, 0.2) is 0 Å². The summed E-state index contributed by atoms with van der Waals surface area (Å²) in [6.45, 7) is 9.78. The third-order valence-corrected chi connectivity index (χ3v) is 5.73. The number of anilines is 1. The highest BCUT2D eigenvalue weighted by Crippen LogP contribution is 2.24. The Balaban J connectivity index is 1.36. The van der Waals surface area contributed by atoms with Crippen LogP contribution in [0.5, 0.6) is 0 Å². The molecule has 1 saturated carbocycles. The van der Waals surface area contributed by atoms with Crippen LogP contribution in [0.1, 0.15) is 44.6 Å². The highest BCUT2D eigenvalue weighted by Gasteiger charge is 2.24. The molecule has 2 fully saturated rings. The van der Waals surface area contributed by atoms with Gasteiger partial charge >= 0.3 is 0 Å². The second kappa shape index (κ2) is 8.70. The van der Waals surface area contributed by atoms with E-state index in [1.807, 2.05) is 0 Å². The van der Waals surface area contributed by atoms with Crippen LogP contribution in [0.2, 0.25) is 0 Å². The van der Waals surface area contributed by atoms with E-state index in [0.717, 1.165) is 52.0 Å². The number of aryl methyl sites for hydroxylation is 1. The van der Waals surface area contributed by atoms with Gasteiger partial charge in [0.05, 0.1) is 0 Å². The molecule has 0 radical (unpaired) electrons. The molecular weight excluding hydrogens is 310 g/mol. The molecule has 1 saturated heterocycles. The second-order valence-electron chi connectivity index (χ2n) is 7.85. The summed E-state index contributed by atoms with van der Waals surface area (Å²) >= 11 is 0. The molecule has 4 heteroatoms. The van der Waals surface area contributed by atoms with Gasteiger partial charge in [-0.25, -0.2) is 0 Å². The third-order valence-electron chi connectivity index (χ3n) is 5.73. The van der Waals surface area contributed by atoms with Crippen molar-refractivity contribution in [3.63, 3.8) is 0 Å². The zero-order chi connectivity index (χ0) is 17.6. The van der Waals surface area contributed by atoms with Crippen molar-refractivity contribution in [2.24, 2.45) is 5.92 Å². The Morgan fingerprint density at radius 2 is 1.92 bits per heavy atom. The van der Waals surface area contributed by atoms with Crippen LogP contribution < -0.4 is 10.2 Å². The minimum absolute atomic E-state index is 0.278. The van der Waals surface area contributed by atoms with Crippen LogP contribution in [0.15, 0.2) is 24.3 Å². The second-order valence-corrected chi connectivity index (χ2v) is 7.85. The molecule has 4 nitrogen and oxygen atoms in total. The lowest BCUT2D eigenvalue weighted by Gasteiger charge is -2.36. The number of amides is 1. The van der Waals surface area contributed by atoms with E-state index in [0.29, 0.717) is 0 Å². The van der Waals surface area contributed by atoms with Gasteiger partial charge in [-0.1, -0.05) is 25.0 Å². The maximum Gasteiger partial charge on any atom is 0.223 e. The number of hydrogen-bond donors (Lipinski definition) is 1. The quantitative estimate of drug-likeness (QED) is 0.861. The van der Waals surface area contributed by atoms with Gasteiger partial charge in [0, 0.05) is 50.4 Å². The summed E-state index contributed by atoms with van der Waals surface area (Å²) in [7, 11) is 0. The molecule has 1 amide bonds. The van der Waals surface area contributed by atoms with Gasteiger partial charge in [-0.15, -0.1) is 0 Å². The van der Waals surface area contributed by atoms with Crippen LogP contribution in [0.4, 0.5) is 5.69 Å². The van der Waals surface area contributed by atoms with Gasteiger partial charge in [-0.3, -0.25) is 9.69 Å². The number of hydrogen-bond acceptors (Lipinski definition) is 3. The minimum atomic E-state index is 0.278. The normalized spacial score (nSPS) is 20.6. The Morgan fingerprint density at radius 3 is 2.60 bits per heavy atom. The average molecular weight is 344 g/mol. The molecule has 1 aliphatic carbocycles. The van der Waals surface area contributed by atoms with E-state index in [-0.39, 0.29) is 17.9 Å². The Labute approximate surface area is 152 Å². The van der Waals surface area contributed by atoms with E-state index in [9.17, 15) is 4.79 Å². The van der Waals surface area contributed by atoms with Crippen LogP contribution in [-0.4, -0.2) is 49.6 Å². The SMILES string of the molecule is Cc1cccc(N2CCN(CCC(C)NC(=O)C3CCCC3)CC2)c1. The first kappa shape index (κ1) is 18.2. The van der Waals surface area contributed by atoms with Crippen molar-refractivity contribution in [2.75, 3.05) is 37.6 Å². The monoisotopic (exact) mass is 343 g/mol. The van der Waals surface area contributed by atoms with Crippen molar-refractivity contribution in [3.8, 4) is 0 Å². The van der Waals surface area contributed by atoms with Crippen LogP contribution in [0.3, 0.4) is 0 Å². The van der Waals surface area contributed by atoms with Crippen molar-refractivity contribution in [1.29, 1.82) is 0 Å². The van der Waals surface area contributed by atoms with E-state index in [2.05, 4.69) is 53.2 Å². The van der Waals surface area contributed by atoms with Crippen LogP contribution in [0.25, 0.3) is 0 Å². The molecule has 0 aromatic heterocycles. The lowest BCUT2D eigenvalue weighted by Crippen LogP contribution is -2.47. The maximum atomic E-state index is 12.2. The molecule has 0 spiro atoms. The average Bonchev–Trinajstić information content (AvgIpc) is 3.15. The number of nitrogens with zero attached hydrogens (tertiary/aromatic N) is 2. The van der Waals surface area contributed by atoms with Gasteiger partial charge in [0.2, 0.25) is 5.91 Å². The number of carbonyl (C=O) groups is 1. The summed E-state index contributed by atoms with van der Waals surface area (Å²) in [6, 6.07) is 9.06. The van der Waals surface area contributed by atoms with Crippen molar-refractivity contribution in [3.05, 3.63) is 29.8 Å². The largest absolute Gasteiger partial charge is 0.369 e. The molecule has 1 aromatic rings. The summed E-state index contributed by atoms with van der Waals surface area (Å²) < 4.78 is 0. The molecule has 1 aliphatic heterocycles. The molecule has 1 aromatic carbocycles. The molecule has 1 unspecified atom stereocenters. The minimum Gasteiger partial charge on any atom is -0.369 e. The van der Waals surface area contributed by atoms with Gasteiger partial charge < -0.3 is 10.2 Å². The lowest BCUT2D eigenvalue weighted by molar-refractivity contribution is -0.125. The first-order chi connectivity index (χ1) is 12.1. The Bertz CT molecular complexity index is 560. The van der Waals surface area contributed by atoms with Gasteiger partial charge in [-0.05, 0) is 50.8 Å². The van der Waals surface area contributed by atoms with Gasteiger partial charge in [0.25, 0.3) is 0 Å². The van der Waals surface area contributed by atoms with E-state index >= 15 is 0 Å². The Morgan fingerprint density at radius 1 is 1.20 bits per heavy atom. The summed E-state index contributed by atoms with van der Waals surface area (Å²) in [5, 5.41) is 3.23. The van der Waals surface area contributed by atoms with Crippen LogP contribution in [0, 0.1) is 12.8 Å². The number of carbonyl (C=O) groups excluding carboxylic acids is 1. The first-order valence-electron chi connectivity index (χ1n) is 9.96. The molecule has 25 heavy (non-hydrogen) atoms. The summed E-state index contributed by atoms with van der Waals surface area (Å²) in [5.41, 5.74) is 2.67. The maximum absolute atomic E-state index is 12.2. The fourth-order valence-corrected chi connectivity index (χ4v) is 4.05. The fourth-order valence-electron chi connectivity index (χ4n) is 4.05. The molecule has 0 bridgehead atoms. The Kier molecular flexibility index (Phi) is 6.35. The van der Waals surface area contributed by atoms with Crippen molar-refractivity contribution < 1.29 is 4.79 Å². The molecule has 1 N–H and O–H groups in total. The topological polar surface area (TPSA) is 35.6 Å². The molecule has 138 valence electrons. The smallest absolute Gasteiger partial charge is 0.223 e. The molecule has 3 rings (SSSR count). The predicted octanol–water partition coefficient (Wildman–Crippen LogP) is 3.20. The number of benzene rings is 1. The van der Waals surface area contributed by atoms with Gasteiger partial charge in [0.1, 0.15) is 0 Å². The zero-order valence-corrected chi connectivity index (χ0v) is 15.8. The molecule has 1 heterocycles. The van der Waals surface area contributed by atoms with Crippen LogP contribution in [-0.2, 0) is 4.79 Å². The van der Waals surface area contributed by atoms with Gasteiger partial charge in [-0.2, -0.15) is 0 Å². The molecule has 2 aliphatic rings. The standard InChI is InChI=1S/C21H33N3O/c1-17-6-5-9-20(16-17)24-14-12-23(13-15-24)11-10-18(2)22-21(25)19-7-3-4-8-19/h5-6,9,16,18-19H,3-4,7-8,10-15H2,1-2H3,(H,22,25). The van der Waals surface area contributed by atoms with Crippen molar-refractivity contribution >= 4 is 11.6 Å². The molecule has 1 atom stereocenters. The fraction of sp³-hybridized carbons (Fsp3) is 0.667. The lowest BCUT2D eigenvalue weighted by atomic mass is 10.1. The number of rotatable bonds is 6. The number of nitrogens with one attached hydrogen (secondary N) is 1. The van der Waals surface area contributed by atoms with Crippen molar-refractivity contribution in [1.82, 2.24) is 10.2 Å². The third kappa shape index (κ3) is 5.21. The van der Waals surface area contributed by atoms with E-state index in [4.69, 9.17) is 0 Å². The summed E-state index contributed by atoms with van der Waals surface area (Å²) in [5.74, 6) is 0.564. The molecular formula is C21H33N3O. The van der Waals surface area contributed by atoms with Crippen LogP contribution >= 0.6 is 0 Å². The Hall–Kier alpha value is -1.55. The summed E-state index contributed by atoms with van der Waals surface area (Å²) in [4.78, 5) is 17.2. The van der Waals surface area contributed by atoms with E-state index in [1.54, 1.807) is 0 Å². The van der Waals surface area contributed by atoms with E-state index < -0.39 is 0 Å². The first-order valence-corrected chi connectivity index (χ1v) is 9.96. The van der Waals surface area contributed by atoms with Crippen molar-refractivity contribution in [2.45, 2.75) is 52.0 Å². The number of piperazine rings is 1. The van der Waals surface area contributed by atoms with E-state index in [1.165, 1.54) is 24.1 Å². The predicted molar refractivity (Wildman–Crippen MR) is 104 cm³/mol.